The third kappa shape index (κ3) is 6.23. The molecule has 0 aromatic heterocycles. The molecule has 20 heavy (non-hydrogen) atoms. The van der Waals surface area contributed by atoms with E-state index in [0.717, 1.165) is 19.6 Å². The van der Waals surface area contributed by atoms with Gasteiger partial charge in [0, 0.05) is 18.6 Å². The predicted octanol–water partition coefficient (Wildman–Crippen LogP) is 1.86. The molecule has 1 heterocycles. The van der Waals surface area contributed by atoms with Gasteiger partial charge in [0.2, 0.25) is 5.91 Å². The van der Waals surface area contributed by atoms with Crippen molar-refractivity contribution in [3.8, 4) is 0 Å². The maximum Gasteiger partial charge on any atom is 0.234 e. The van der Waals surface area contributed by atoms with Gasteiger partial charge in [-0.1, -0.05) is 13.8 Å². The Morgan fingerprint density at radius 3 is 2.50 bits per heavy atom. The number of hydrogen-bond acceptors (Lipinski definition) is 3. The summed E-state index contributed by atoms with van der Waals surface area (Å²) in [6.07, 6.45) is 2.54. The summed E-state index contributed by atoms with van der Waals surface area (Å²) < 4.78 is 0. The van der Waals surface area contributed by atoms with Crippen molar-refractivity contribution in [1.82, 2.24) is 15.5 Å². The van der Waals surface area contributed by atoms with Gasteiger partial charge in [-0.05, 0) is 58.5 Å². The van der Waals surface area contributed by atoms with Crippen molar-refractivity contribution in [3.63, 3.8) is 0 Å². The van der Waals surface area contributed by atoms with Crippen molar-refractivity contribution in [2.45, 2.75) is 59.5 Å². The highest BCUT2D eigenvalue weighted by Gasteiger charge is 2.21. The minimum Gasteiger partial charge on any atom is -0.352 e. The quantitative estimate of drug-likeness (QED) is 0.749. The molecule has 0 saturated carbocycles. The molecule has 118 valence electrons. The van der Waals surface area contributed by atoms with Crippen molar-refractivity contribution in [3.05, 3.63) is 0 Å². The molecule has 1 aliphatic rings. The lowest BCUT2D eigenvalue weighted by molar-refractivity contribution is -0.123. The molecule has 1 aliphatic heterocycles. The van der Waals surface area contributed by atoms with Gasteiger partial charge in [0.1, 0.15) is 0 Å². The summed E-state index contributed by atoms with van der Waals surface area (Å²) in [7, 11) is 0. The number of piperidine rings is 1. The fraction of sp³-hybridized carbons (Fsp3) is 0.938. The fourth-order valence-corrected chi connectivity index (χ4v) is 2.52. The number of nitrogens with one attached hydrogen (secondary N) is 2. The average molecular weight is 283 g/mol. The van der Waals surface area contributed by atoms with Crippen LogP contribution in [-0.2, 0) is 4.79 Å². The summed E-state index contributed by atoms with van der Waals surface area (Å²) in [6, 6.07) is 0.657. The third-order valence-electron chi connectivity index (χ3n) is 4.36. The van der Waals surface area contributed by atoms with Crippen molar-refractivity contribution < 1.29 is 4.79 Å². The van der Waals surface area contributed by atoms with E-state index in [-0.39, 0.29) is 11.9 Å². The van der Waals surface area contributed by atoms with Crippen LogP contribution in [0.3, 0.4) is 0 Å². The second kappa shape index (κ2) is 8.63. The van der Waals surface area contributed by atoms with Gasteiger partial charge in [0.15, 0.2) is 0 Å². The van der Waals surface area contributed by atoms with Gasteiger partial charge in [-0.25, -0.2) is 0 Å². The van der Waals surface area contributed by atoms with Gasteiger partial charge in [-0.15, -0.1) is 0 Å². The van der Waals surface area contributed by atoms with E-state index in [1.165, 1.54) is 12.8 Å². The molecule has 4 nitrogen and oxygen atoms in total. The van der Waals surface area contributed by atoms with E-state index >= 15 is 0 Å². The zero-order valence-corrected chi connectivity index (χ0v) is 13.9. The standard InChI is InChI=1S/C16H33N3O/c1-12(2)14(5)18-16(20)11-19(13(3)4)10-15-7-6-8-17-9-15/h12-15,17H,6-11H2,1-5H3,(H,18,20). The molecule has 0 aliphatic carbocycles. The summed E-state index contributed by atoms with van der Waals surface area (Å²) in [5, 5.41) is 6.56. The van der Waals surface area contributed by atoms with E-state index in [1.54, 1.807) is 0 Å². The lowest BCUT2D eigenvalue weighted by Crippen LogP contribution is -2.47. The molecule has 0 radical (unpaired) electrons. The van der Waals surface area contributed by atoms with E-state index < -0.39 is 0 Å². The average Bonchev–Trinajstić information content (AvgIpc) is 2.38. The first-order chi connectivity index (χ1) is 9.40. The SMILES string of the molecule is CC(C)C(C)NC(=O)CN(CC1CCCNC1)C(C)C. The Labute approximate surface area is 124 Å². The summed E-state index contributed by atoms with van der Waals surface area (Å²) in [5.74, 6) is 1.32. The van der Waals surface area contributed by atoms with E-state index in [1.807, 2.05) is 0 Å². The van der Waals surface area contributed by atoms with Crippen molar-refractivity contribution in [2.75, 3.05) is 26.2 Å². The minimum absolute atomic E-state index is 0.156. The predicted molar refractivity (Wildman–Crippen MR) is 84.7 cm³/mol. The highest BCUT2D eigenvalue weighted by molar-refractivity contribution is 5.78. The van der Waals surface area contributed by atoms with E-state index in [0.29, 0.717) is 24.4 Å². The summed E-state index contributed by atoms with van der Waals surface area (Å²) >= 11 is 0. The van der Waals surface area contributed by atoms with Gasteiger partial charge in [0.25, 0.3) is 0 Å². The molecule has 1 saturated heterocycles. The van der Waals surface area contributed by atoms with Gasteiger partial charge in [0.05, 0.1) is 6.54 Å². The highest BCUT2D eigenvalue weighted by atomic mass is 16.2. The molecule has 0 aromatic carbocycles. The molecule has 2 N–H and O–H groups in total. The highest BCUT2D eigenvalue weighted by Crippen LogP contribution is 2.13. The molecule has 1 amide bonds. The van der Waals surface area contributed by atoms with Crippen LogP contribution < -0.4 is 10.6 Å². The molecular formula is C16H33N3O. The molecule has 1 fully saturated rings. The lowest BCUT2D eigenvalue weighted by Gasteiger charge is -2.32. The number of amides is 1. The third-order valence-corrected chi connectivity index (χ3v) is 4.36. The number of nitrogens with zero attached hydrogens (tertiary/aromatic N) is 1. The lowest BCUT2D eigenvalue weighted by atomic mass is 9.98. The van der Waals surface area contributed by atoms with Crippen LogP contribution in [0.1, 0.15) is 47.5 Å². The molecule has 0 aromatic rings. The number of hydrogen-bond donors (Lipinski definition) is 2. The zero-order chi connectivity index (χ0) is 15.1. The topological polar surface area (TPSA) is 44.4 Å². The molecule has 4 heteroatoms. The summed E-state index contributed by atoms with van der Waals surface area (Å²) in [5.41, 5.74) is 0. The van der Waals surface area contributed by atoms with Crippen LogP contribution in [0.5, 0.6) is 0 Å². The Morgan fingerprint density at radius 2 is 2.00 bits per heavy atom. The van der Waals surface area contributed by atoms with Crippen molar-refractivity contribution in [2.24, 2.45) is 11.8 Å². The minimum atomic E-state index is 0.156. The second-order valence-electron chi connectivity index (χ2n) is 6.84. The van der Waals surface area contributed by atoms with E-state index in [4.69, 9.17) is 0 Å². The van der Waals surface area contributed by atoms with Crippen LogP contribution in [0.15, 0.2) is 0 Å². The van der Waals surface area contributed by atoms with Crippen LogP contribution in [-0.4, -0.2) is 49.1 Å². The molecule has 0 bridgehead atoms. The maximum atomic E-state index is 12.1. The molecular weight excluding hydrogens is 250 g/mol. The molecule has 1 rings (SSSR count). The molecule has 2 atom stereocenters. The number of carbonyl (C=O) groups is 1. The first-order valence-corrected chi connectivity index (χ1v) is 8.14. The second-order valence-corrected chi connectivity index (χ2v) is 6.84. The summed E-state index contributed by atoms with van der Waals surface area (Å²) in [4.78, 5) is 14.5. The van der Waals surface area contributed by atoms with E-state index in [9.17, 15) is 4.79 Å². The number of carbonyl (C=O) groups excluding carboxylic acids is 1. The van der Waals surface area contributed by atoms with Crippen LogP contribution in [0, 0.1) is 11.8 Å². The Kier molecular flexibility index (Phi) is 7.52. The normalized spacial score (nSPS) is 21.5. The smallest absolute Gasteiger partial charge is 0.234 e. The zero-order valence-electron chi connectivity index (χ0n) is 13.9. The Morgan fingerprint density at radius 1 is 1.30 bits per heavy atom. The van der Waals surface area contributed by atoms with Crippen LogP contribution in [0.25, 0.3) is 0 Å². The molecule has 0 spiro atoms. The van der Waals surface area contributed by atoms with Crippen LogP contribution >= 0.6 is 0 Å². The monoisotopic (exact) mass is 283 g/mol. The Bertz CT molecular complexity index is 285. The molecule has 2 unspecified atom stereocenters. The van der Waals surface area contributed by atoms with Gasteiger partial charge in [-0.2, -0.15) is 0 Å². The van der Waals surface area contributed by atoms with Gasteiger partial charge < -0.3 is 10.6 Å². The Balaban J connectivity index is 2.43. The van der Waals surface area contributed by atoms with E-state index in [2.05, 4.69) is 50.2 Å². The van der Waals surface area contributed by atoms with Crippen LogP contribution in [0.2, 0.25) is 0 Å². The van der Waals surface area contributed by atoms with Crippen molar-refractivity contribution >= 4 is 5.91 Å². The largest absolute Gasteiger partial charge is 0.352 e. The fourth-order valence-electron chi connectivity index (χ4n) is 2.52. The van der Waals surface area contributed by atoms with Gasteiger partial charge >= 0.3 is 0 Å². The van der Waals surface area contributed by atoms with Crippen LogP contribution in [0.4, 0.5) is 0 Å². The first-order valence-electron chi connectivity index (χ1n) is 8.14. The van der Waals surface area contributed by atoms with Gasteiger partial charge in [-0.3, -0.25) is 9.69 Å². The van der Waals surface area contributed by atoms with Crippen molar-refractivity contribution in [1.29, 1.82) is 0 Å². The summed E-state index contributed by atoms with van der Waals surface area (Å²) in [6.45, 7) is 14.5. The maximum absolute atomic E-state index is 12.1. The number of rotatable bonds is 7. The first kappa shape index (κ1) is 17.4. The Hall–Kier alpha value is -0.610.